The van der Waals surface area contributed by atoms with E-state index in [4.69, 9.17) is 16.2 Å². The molecule has 0 saturated heterocycles. The van der Waals surface area contributed by atoms with Crippen molar-refractivity contribution in [1.82, 2.24) is 0 Å². The zero-order valence-electron chi connectivity index (χ0n) is 12.7. The molecular formula is C18H20N2O3. The van der Waals surface area contributed by atoms with Crippen molar-refractivity contribution < 1.29 is 14.3 Å². The Balaban J connectivity index is 1.83. The SMILES string of the molecule is NC(CC(=O)OC(=O)[C@@H](N)Cc1ccccc1)c1ccccc1. The van der Waals surface area contributed by atoms with Gasteiger partial charge in [-0.3, -0.25) is 4.79 Å². The van der Waals surface area contributed by atoms with E-state index >= 15 is 0 Å². The Morgan fingerprint density at radius 2 is 1.48 bits per heavy atom. The van der Waals surface area contributed by atoms with Gasteiger partial charge in [0.25, 0.3) is 0 Å². The molecule has 23 heavy (non-hydrogen) atoms. The van der Waals surface area contributed by atoms with Crippen molar-refractivity contribution in [3.05, 3.63) is 71.8 Å². The molecule has 0 radical (unpaired) electrons. The van der Waals surface area contributed by atoms with Crippen molar-refractivity contribution in [1.29, 1.82) is 0 Å². The van der Waals surface area contributed by atoms with Crippen LogP contribution < -0.4 is 11.5 Å². The number of benzene rings is 2. The van der Waals surface area contributed by atoms with E-state index in [2.05, 4.69) is 0 Å². The van der Waals surface area contributed by atoms with Gasteiger partial charge in [-0.25, -0.2) is 4.79 Å². The van der Waals surface area contributed by atoms with Crippen LogP contribution in [0.4, 0.5) is 0 Å². The number of nitrogens with two attached hydrogens (primary N) is 2. The van der Waals surface area contributed by atoms with Crippen molar-refractivity contribution >= 4 is 11.9 Å². The summed E-state index contributed by atoms with van der Waals surface area (Å²) in [7, 11) is 0. The molecule has 0 amide bonds. The van der Waals surface area contributed by atoms with E-state index in [1.54, 1.807) is 0 Å². The van der Waals surface area contributed by atoms with Crippen molar-refractivity contribution in [3.63, 3.8) is 0 Å². The van der Waals surface area contributed by atoms with Crippen molar-refractivity contribution in [2.45, 2.75) is 24.9 Å². The number of esters is 2. The molecule has 2 aromatic carbocycles. The van der Waals surface area contributed by atoms with E-state index in [-0.39, 0.29) is 6.42 Å². The van der Waals surface area contributed by atoms with Crippen LogP contribution in [0.2, 0.25) is 0 Å². The van der Waals surface area contributed by atoms with E-state index in [0.717, 1.165) is 11.1 Å². The summed E-state index contributed by atoms with van der Waals surface area (Å²) in [5.74, 6) is -1.41. The van der Waals surface area contributed by atoms with Gasteiger partial charge in [-0.1, -0.05) is 60.7 Å². The Morgan fingerprint density at radius 3 is 2.09 bits per heavy atom. The molecule has 4 N–H and O–H groups in total. The van der Waals surface area contributed by atoms with Crippen molar-refractivity contribution in [2.24, 2.45) is 11.5 Å². The maximum atomic E-state index is 11.9. The average molecular weight is 312 g/mol. The second-order valence-corrected chi connectivity index (χ2v) is 5.31. The average Bonchev–Trinajstić information content (AvgIpc) is 2.56. The minimum Gasteiger partial charge on any atom is -0.392 e. The number of carbonyl (C=O) groups excluding carboxylic acids is 2. The van der Waals surface area contributed by atoms with E-state index in [0.29, 0.717) is 6.42 Å². The first-order valence-electron chi connectivity index (χ1n) is 7.41. The standard InChI is InChI=1S/C18H20N2O3/c19-15(14-9-5-2-6-10-14)12-17(21)23-18(22)16(20)11-13-7-3-1-4-8-13/h1-10,15-16H,11-12,19-20H2/t15?,16-/m0/s1. The topological polar surface area (TPSA) is 95.4 Å². The Morgan fingerprint density at radius 1 is 0.913 bits per heavy atom. The Hall–Kier alpha value is -2.50. The van der Waals surface area contributed by atoms with Crippen LogP contribution in [-0.4, -0.2) is 18.0 Å². The molecule has 5 heteroatoms. The summed E-state index contributed by atoms with van der Waals surface area (Å²) in [4.78, 5) is 23.7. The third kappa shape index (κ3) is 5.32. The van der Waals surface area contributed by atoms with Crippen LogP contribution in [0.5, 0.6) is 0 Å². The van der Waals surface area contributed by atoms with Crippen molar-refractivity contribution in [2.75, 3.05) is 0 Å². The smallest absolute Gasteiger partial charge is 0.330 e. The molecule has 0 heterocycles. The number of hydrogen-bond acceptors (Lipinski definition) is 5. The predicted molar refractivity (Wildman–Crippen MR) is 87.2 cm³/mol. The van der Waals surface area contributed by atoms with E-state index < -0.39 is 24.0 Å². The maximum absolute atomic E-state index is 11.9. The van der Waals surface area contributed by atoms with E-state index in [9.17, 15) is 9.59 Å². The highest BCUT2D eigenvalue weighted by Crippen LogP contribution is 2.14. The third-order valence-corrected chi connectivity index (χ3v) is 3.43. The first-order valence-corrected chi connectivity index (χ1v) is 7.41. The summed E-state index contributed by atoms with van der Waals surface area (Å²) in [6.45, 7) is 0. The van der Waals surface area contributed by atoms with Gasteiger partial charge >= 0.3 is 11.9 Å². The van der Waals surface area contributed by atoms with Gasteiger partial charge in [0.2, 0.25) is 0 Å². The van der Waals surface area contributed by atoms with Gasteiger partial charge in [0.15, 0.2) is 0 Å². The van der Waals surface area contributed by atoms with E-state index in [1.807, 2.05) is 60.7 Å². The molecule has 0 aliphatic carbocycles. The molecule has 0 bridgehead atoms. The Bertz CT molecular complexity index is 644. The highest BCUT2D eigenvalue weighted by molar-refractivity contribution is 5.88. The van der Waals surface area contributed by atoms with Gasteiger partial charge in [-0.05, 0) is 17.5 Å². The summed E-state index contributed by atoms with van der Waals surface area (Å²) in [5, 5.41) is 0. The van der Waals surface area contributed by atoms with Gasteiger partial charge in [-0.2, -0.15) is 0 Å². The highest BCUT2D eigenvalue weighted by Gasteiger charge is 2.21. The number of hydrogen-bond donors (Lipinski definition) is 2. The van der Waals surface area contributed by atoms with Crippen LogP contribution in [-0.2, 0) is 20.7 Å². The van der Waals surface area contributed by atoms with Crippen LogP contribution >= 0.6 is 0 Å². The number of carbonyl (C=O) groups is 2. The van der Waals surface area contributed by atoms with Gasteiger partial charge in [0.1, 0.15) is 6.04 Å². The second kappa shape index (κ2) is 8.22. The maximum Gasteiger partial charge on any atom is 0.330 e. The van der Waals surface area contributed by atoms with Gasteiger partial charge < -0.3 is 16.2 Å². The molecular weight excluding hydrogens is 292 g/mol. The number of ether oxygens (including phenoxy) is 1. The second-order valence-electron chi connectivity index (χ2n) is 5.31. The summed E-state index contributed by atoms with van der Waals surface area (Å²) in [6.07, 6.45) is 0.242. The van der Waals surface area contributed by atoms with Gasteiger partial charge in [-0.15, -0.1) is 0 Å². The zero-order valence-corrected chi connectivity index (χ0v) is 12.7. The zero-order chi connectivity index (χ0) is 16.7. The molecule has 0 saturated carbocycles. The summed E-state index contributed by atoms with van der Waals surface area (Å²) in [6, 6.07) is 17.1. The largest absolute Gasteiger partial charge is 0.392 e. The highest BCUT2D eigenvalue weighted by atomic mass is 16.6. The third-order valence-electron chi connectivity index (χ3n) is 3.43. The molecule has 0 spiro atoms. The molecule has 2 atom stereocenters. The summed E-state index contributed by atoms with van der Waals surface area (Å²) in [5.41, 5.74) is 13.4. The normalized spacial score (nSPS) is 13.1. The molecule has 0 aliphatic heterocycles. The molecule has 2 aromatic rings. The van der Waals surface area contributed by atoms with Crippen LogP contribution in [0.3, 0.4) is 0 Å². The lowest BCUT2D eigenvalue weighted by Gasteiger charge is -2.13. The van der Waals surface area contributed by atoms with Crippen LogP contribution in [0.25, 0.3) is 0 Å². The summed E-state index contributed by atoms with van der Waals surface area (Å²) >= 11 is 0. The molecule has 0 aromatic heterocycles. The molecule has 0 aliphatic rings. The lowest BCUT2D eigenvalue weighted by Crippen LogP contribution is -2.36. The first kappa shape index (κ1) is 16.9. The molecule has 0 fully saturated rings. The molecule has 1 unspecified atom stereocenters. The fourth-order valence-corrected chi connectivity index (χ4v) is 2.18. The predicted octanol–water partition coefficient (Wildman–Crippen LogP) is 1.72. The lowest BCUT2D eigenvalue weighted by molar-refractivity contribution is -0.160. The molecule has 5 nitrogen and oxygen atoms in total. The summed E-state index contributed by atoms with van der Waals surface area (Å²) < 4.78 is 4.79. The molecule has 120 valence electrons. The minimum atomic E-state index is -0.880. The fourth-order valence-electron chi connectivity index (χ4n) is 2.18. The quantitative estimate of drug-likeness (QED) is 0.625. The van der Waals surface area contributed by atoms with Crippen LogP contribution in [0, 0.1) is 0 Å². The Kier molecular flexibility index (Phi) is 6.02. The van der Waals surface area contributed by atoms with E-state index in [1.165, 1.54) is 0 Å². The van der Waals surface area contributed by atoms with Crippen LogP contribution in [0.1, 0.15) is 23.6 Å². The number of rotatable bonds is 6. The fraction of sp³-hybridized carbons (Fsp3) is 0.222. The monoisotopic (exact) mass is 312 g/mol. The Labute approximate surface area is 135 Å². The first-order chi connectivity index (χ1) is 11.1. The van der Waals surface area contributed by atoms with Crippen LogP contribution in [0.15, 0.2) is 60.7 Å². The molecule has 2 rings (SSSR count). The van der Waals surface area contributed by atoms with Gasteiger partial charge in [0, 0.05) is 6.04 Å². The minimum absolute atomic E-state index is 0.0756. The lowest BCUT2D eigenvalue weighted by atomic mass is 10.1. The van der Waals surface area contributed by atoms with Crippen molar-refractivity contribution in [3.8, 4) is 0 Å². The van der Waals surface area contributed by atoms with Gasteiger partial charge in [0.05, 0.1) is 6.42 Å².